The molecule has 0 amide bonds. The lowest BCUT2D eigenvalue weighted by Crippen LogP contribution is -2.30. The normalized spacial score (nSPS) is 12.6. The number of rotatable bonds is 58. The van der Waals surface area contributed by atoms with Gasteiger partial charge in [0.25, 0.3) is 0 Å². The van der Waals surface area contributed by atoms with Crippen molar-refractivity contribution >= 4 is 17.9 Å². The highest BCUT2D eigenvalue weighted by Gasteiger charge is 2.19. The van der Waals surface area contributed by atoms with Crippen LogP contribution < -0.4 is 0 Å². The average molecular weight is 1050 g/mol. The Labute approximate surface area is 465 Å². The summed E-state index contributed by atoms with van der Waals surface area (Å²) in [5.41, 5.74) is 0. The summed E-state index contributed by atoms with van der Waals surface area (Å²) in [7, 11) is 0. The van der Waals surface area contributed by atoms with Gasteiger partial charge in [0.1, 0.15) is 13.2 Å². The first-order chi connectivity index (χ1) is 37.0. The maximum atomic E-state index is 12.9. The third kappa shape index (κ3) is 61.3. The van der Waals surface area contributed by atoms with Crippen LogP contribution in [0.1, 0.15) is 316 Å². The third-order valence-corrected chi connectivity index (χ3v) is 13.8. The molecular formula is C69H120O6. The van der Waals surface area contributed by atoms with Gasteiger partial charge in [-0.3, -0.25) is 14.4 Å². The zero-order valence-electron chi connectivity index (χ0n) is 49.6. The predicted octanol–water partition coefficient (Wildman–Crippen LogP) is 21.9. The Morgan fingerprint density at radius 1 is 0.267 bits per heavy atom. The molecule has 432 valence electrons. The van der Waals surface area contributed by atoms with E-state index in [4.69, 9.17) is 14.2 Å². The van der Waals surface area contributed by atoms with Gasteiger partial charge in [0.05, 0.1) is 0 Å². The predicted molar refractivity (Wildman–Crippen MR) is 325 cm³/mol. The highest BCUT2D eigenvalue weighted by molar-refractivity contribution is 5.71. The molecule has 1 atom stereocenters. The molecule has 6 nitrogen and oxygen atoms in total. The van der Waals surface area contributed by atoms with Crippen molar-refractivity contribution in [3.05, 3.63) is 85.1 Å². The number of hydrogen-bond acceptors (Lipinski definition) is 6. The van der Waals surface area contributed by atoms with E-state index in [0.717, 1.165) is 109 Å². The van der Waals surface area contributed by atoms with Crippen LogP contribution in [0.15, 0.2) is 85.1 Å². The first-order valence-electron chi connectivity index (χ1n) is 32.1. The maximum Gasteiger partial charge on any atom is 0.306 e. The molecule has 0 heterocycles. The van der Waals surface area contributed by atoms with Gasteiger partial charge in [0.15, 0.2) is 6.10 Å². The molecule has 0 spiro atoms. The van der Waals surface area contributed by atoms with Crippen LogP contribution in [0.2, 0.25) is 0 Å². The lowest BCUT2D eigenvalue weighted by molar-refractivity contribution is -0.167. The van der Waals surface area contributed by atoms with Crippen molar-refractivity contribution in [2.24, 2.45) is 0 Å². The topological polar surface area (TPSA) is 78.9 Å². The number of hydrogen-bond donors (Lipinski definition) is 0. The number of carbonyl (C=O) groups is 3. The van der Waals surface area contributed by atoms with E-state index in [1.54, 1.807) is 0 Å². The molecule has 0 N–H and O–H groups in total. The molecule has 0 bridgehead atoms. The molecule has 0 aliphatic carbocycles. The number of unbranched alkanes of at least 4 members (excludes halogenated alkanes) is 33. The quantitative estimate of drug-likeness (QED) is 0.0261. The van der Waals surface area contributed by atoms with Crippen molar-refractivity contribution in [3.8, 4) is 0 Å². The van der Waals surface area contributed by atoms with Gasteiger partial charge in [-0.1, -0.05) is 260 Å². The third-order valence-electron chi connectivity index (χ3n) is 13.8. The molecule has 0 saturated carbocycles. The number of allylic oxidation sites excluding steroid dienone is 14. The standard InChI is InChI=1S/C69H120O6/c1-4-7-10-13-16-19-22-25-27-29-31-33-34-36-37-39-41-44-47-50-53-56-59-62-68(71)74-65-66(64-73-67(70)61-58-55-52-49-46-43-24-21-18-15-12-9-6-3)75-69(72)63-60-57-54-51-48-45-42-40-38-35-32-30-28-26-23-20-17-14-11-8-5-2/h21-26,29-32,34,36,38,40,66H,4-20,27-28,33,35,37,39,41-65H2,1-3H3/b24-21-,25-22-,26-23-,31-29-,32-30-,36-34-,40-38-. The molecule has 6 heteroatoms. The molecule has 0 saturated heterocycles. The van der Waals surface area contributed by atoms with Crippen molar-refractivity contribution < 1.29 is 28.6 Å². The molecule has 0 aromatic carbocycles. The molecule has 75 heavy (non-hydrogen) atoms. The number of ether oxygens (including phenoxy) is 3. The number of esters is 3. The fourth-order valence-electron chi connectivity index (χ4n) is 8.98. The van der Waals surface area contributed by atoms with E-state index < -0.39 is 6.10 Å². The van der Waals surface area contributed by atoms with Crippen LogP contribution >= 0.6 is 0 Å². The maximum absolute atomic E-state index is 12.9. The molecule has 0 rings (SSSR count). The molecule has 0 aromatic rings. The Morgan fingerprint density at radius 3 is 0.773 bits per heavy atom. The summed E-state index contributed by atoms with van der Waals surface area (Å²) < 4.78 is 16.9. The second-order valence-corrected chi connectivity index (χ2v) is 21.3. The van der Waals surface area contributed by atoms with Gasteiger partial charge in [0.2, 0.25) is 0 Å². The van der Waals surface area contributed by atoms with Crippen LogP contribution in [0.25, 0.3) is 0 Å². The van der Waals surface area contributed by atoms with E-state index in [9.17, 15) is 14.4 Å². The van der Waals surface area contributed by atoms with Crippen molar-refractivity contribution in [3.63, 3.8) is 0 Å². The van der Waals surface area contributed by atoms with E-state index in [1.807, 2.05) is 0 Å². The van der Waals surface area contributed by atoms with Gasteiger partial charge < -0.3 is 14.2 Å². The minimum Gasteiger partial charge on any atom is -0.462 e. The molecule has 0 aromatic heterocycles. The lowest BCUT2D eigenvalue weighted by Gasteiger charge is -2.18. The zero-order chi connectivity index (χ0) is 54.3. The largest absolute Gasteiger partial charge is 0.462 e. The molecule has 0 fully saturated rings. The molecular weight excluding hydrogens is 925 g/mol. The van der Waals surface area contributed by atoms with Crippen LogP contribution in [0.3, 0.4) is 0 Å². The van der Waals surface area contributed by atoms with E-state index in [0.29, 0.717) is 19.3 Å². The minimum atomic E-state index is -0.792. The number of carbonyl (C=O) groups excluding carboxylic acids is 3. The van der Waals surface area contributed by atoms with Crippen LogP contribution in [-0.4, -0.2) is 37.2 Å². The van der Waals surface area contributed by atoms with Crippen LogP contribution in [0, 0.1) is 0 Å². The van der Waals surface area contributed by atoms with Gasteiger partial charge >= 0.3 is 17.9 Å². The molecule has 0 aliphatic rings. The fourth-order valence-corrected chi connectivity index (χ4v) is 8.98. The van der Waals surface area contributed by atoms with Crippen molar-refractivity contribution in [1.82, 2.24) is 0 Å². The van der Waals surface area contributed by atoms with Crippen LogP contribution in [-0.2, 0) is 28.6 Å². The van der Waals surface area contributed by atoms with Gasteiger partial charge in [-0.15, -0.1) is 0 Å². The van der Waals surface area contributed by atoms with Crippen molar-refractivity contribution in [1.29, 1.82) is 0 Å². The highest BCUT2D eigenvalue weighted by atomic mass is 16.6. The van der Waals surface area contributed by atoms with E-state index >= 15 is 0 Å². The summed E-state index contributed by atoms with van der Waals surface area (Å²) in [4.78, 5) is 38.3. The second kappa shape index (κ2) is 63.1. The summed E-state index contributed by atoms with van der Waals surface area (Å²) in [6.45, 7) is 6.60. The Morgan fingerprint density at radius 2 is 0.480 bits per heavy atom. The Balaban J connectivity index is 4.38. The summed E-state index contributed by atoms with van der Waals surface area (Å²) in [6, 6.07) is 0. The Hall–Kier alpha value is -3.41. The van der Waals surface area contributed by atoms with Crippen LogP contribution in [0.4, 0.5) is 0 Å². The van der Waals surface area contributed by atoms with E-state index in [1.165, 1.54) is 167 Å². The fraction of sp³-hybridized carbons (Fsp3) is 0.754. The summed E-state index contributed by atoms with van der Waals surface area (Å²) in [5, 5.41) is 0. The van der Waals surface area contributed by atoms with E-state index in [2.05, 4.69) is 106 Å². The van der Waals surface area contributed by atoms with Gasteiger partial charge in [-0.25, -0.2) is 0 Å². The average Bonchev–Trinajstić information content (AvgIpc) is 3.41. The van der Waals surface area contributed by atoms with Crippen LogP contribution in [0.5, 0.6) is 0 Å². The zero-order valence-corrected chi connectivity index (χ0v) is 49.6. The first-order valence-corrected chi connectivity index (χ1v) is 32.1. The van der Waals surface area contributed by atoms with Gasteiger partial charge in [-0.2, -0.15) is 0 Å². The second-order valence-electron chi connectivity index (χ2n) is 21.3. The summed E-state index contributed by atoms with van der Waals surface area (Å²) in [5.74, 6) is -0.906. The SMILES string of the molecule is CCCCCC/C=C\CCCCCCCC(=O)OCC(COC(=O)CCCCCCCCCC/C=C\C/C=C\C/C=C\CCCCCCC)OC(=O)CCCCCCCC/C=C\C/C=C\C/C=C\CCCCCCC. The van der Waals surface area contributed by atoms with Crippen molar-refractivity contribution in [2.75, 3.05) is 13.2 Å². The van der Waals surface area contributed by atoms with Crippen molar-refractivity contribution in [2.45, 2.75) is 322 Å². The Bertz CT molecular complexity index is 1430. The molecule has 0 radical (unpaired) electrons. The monoisotopic (exact) mass is 1040 g/mol. The lowest BCUT2D eigenvalue weighted by atomic mass is 10.1. The highest BCUT2D eigenvalue weighted by Crippen LogP contribution is 2.15. The Kier molecular flexibility index (Phi) is 60.3. The molecule has 0 aliphatic heterocycles. The molecule has 1 unspecified atom stereocenters. The summed E-state index contributed by atoms with van der Waals surface area (Å²) in [6.07, 6.45) is 82.9. The minimum absolute atomic E-state index is 0.0880. The first kappa shape index (κ1) is 71.6. The van der Waals surface area contributed by atoms with E-state index in [-0.39, 0.29) is 31.1 Å². The smallest absolute Gasteiger partial charge is 0.306 e. The summed E-state index contributed by atoms with van der Waals surface area (Å²) >= 11 is 0. The van der Waals surface area contributed by atoms with Gasteiger partial charge in [-0.05, 0) is 122 Å². The van der Waals surface area contributed by atoms with Gasteiger partial charge in [0, 0.05) is 19.3 Å².